The molecular formula is C26H45N3O. The first kappa shape index (κ1) is 22.2. The summed E-state index contributed by atoms with van der Waals surface area (Å²) in [5, 5.41) is 3.40. The van der Waals surface area contributed by atoms with Gasteiger partial charge in [0.2, 0.25) is 0 Å². The lowest BCUT2D eigenvalue weighted by atomic mass is 9.49. The van der Waals surface area contributed by atoms with Gasteiger partial charge in [0.1, 0.15) is 0 Å². The molecule has 1 heterocycles. The Hall–Kier alpha value is -1.03. The van der Waals surface area contributed by atoms with Gasteiger partial charge in [0.15, 0.2) is 0 Å². The molecule has 0 aromatic rings. The van der Waals surface area contributed by atoms with Crippen molar-refractivity contribution in [2.45, 2.75) is 103 Å². The Bertz CT molecular complexity index is 622. The number of fused-ring (bicyclic) bond motifs is 1. The average molecular weight is 416 g/mol. The first-order chi connectivity index (χ1) is 14.4. The minimum absolute atomic E-state index is 0.189. The summed E-state index contributed by atoms with van der Waals surface area (Å²) >= 11 is 0. The molecule has 3 unspecified atom stereocenters. The van der Waals surface area contributed by atoms with Crippen LogP contribution in [0.25, 0.3) is 0 Å². The Morgan fingerprint density at radius 1 is 1.17 bits per heavy atom. The lowest BCUT2D eigenvalue weighted by molar-refractivity contribution is -0.00975. The van der Waals surface area contributed by atoms with Gasteiger partial charge >= 0.3 is 6.03 Å². The fraction of sp³-hybridized carbons (Fsp3) is 0.885. The quantitative estimate of drug-likeness (QED) is 0.550. The van der Waals surface area contributed by atoms with E-state index >= 15 is 0 Å². The molecule has 2 saturated carbocycles. The minimum Gasteiger partial charge on any atom is -0.335 e. The maximum absolute atomic E-state index is 13.3. The zero-order chi connectivity index (χ0) is 21.1. The summed E-state index contributed by atoms with van der Waals surface area (Å²) in [6, 6.07) is 1.28. The molecule has 1 saturated heterocycles. The maximum atomic E-state index is 13.3. The van der Waals surface area contributed by atoms with Crippen molar-refractivity contribution in [2.24, 2.45) is 17.3 Å². The molecular weight excluding hydrogens is 370 g/mol. The predicted octanol–water partition coefficient (Wildman–Crippen LogP) is 5.59. The van der Waals surface area contributed by atoms with Gasteiger partial charge in [0, 0.05) is 31.7 Å². The van der Waals surface area contributed by atoms with Crippen molar-refractivity contribution < 1.29 is 4.79 Å². The second-order valence-electron chi connectivity index (χ2n) is 11.3. The van der Waals surface area contributed by atoms with Crippen LogP contribution in [0.5, 0.6) is 0 Å². The van der Waals surface area contributed by atoms with E-state index in [9.17, 15) is 4.79 Å². The van der Waals surface area contributed by atoms with Gasteiger partial charge in [-0.3, -0.25) is 0 Å². The van der Waals surface area contributed by atoms with Crippen molar-refractivity contribution in [3.05, 3.63) is 11.6 Å². The van der Waals surface area contributed by atoms with Gasteiger partial charge in [-0.15, -0.1) is 0 Å². The van der Waals surface area contributed by atoms with E-state index in [0.717, 1.165) is 44.8 Å². The van der Waals surface area contributed by atoms with E-state index in [0.29, 0.717) is 23.4 Å². The van der Waals surface area contributed by atoms with E-state index in [1.165, 1.54) is 63.5 Å². The van der Waals surface area contributed by atoms with Crippen LogP contribution in [0, 0.1) is 17.3 Å². The van der Waals surface area contributed by atoms with E-state index in [-0.39, 0.29) is 6.03 Å². The molecule has 1 aliphatic heterocycles. The highest BCUT2D eigenvalue weighted by molar-refractivity contribution is 5.75. The molecule has 3 fully saturated rings. The minimum atomic E-state index is 0.189. The molecule has 30 heavy (non-hydrogen) atoms. The number of piperidine rings is 1. The van der Waals surface area contributed by atoms with Gasteiger partial charge in [-0.2, -0.15) is 0 Å². The monoisotopic (exact) mass is 415 g/mol. The van der Waals surface area contributed by atoms with Crippen LogP contribution in [0.2, 0.25) is 0 Å². The van der Waals surface area contributed by atoms with Crippen LogP contribution in [0.15, 0.2) is 11.6 Å². The van der Waals surface area contributed by atoms with E-state index in [1.54, 1.807) is 0 Å². The lowest BCUT2D eigenvalue weighted by Crippen LogP contribution is -2.52. The molecule has 170 valence electrons. The van der Waals surface area contributed by atoms with Crippen LogP contribution < -0.4 is 5.32 Å². The summed E-state index contributed by atoms with van der Waals surface area (Å²) in [6.45, 7) is 11.3. The van der Waals surface area contributed by atoms with Gasteiger partial charge in [-0.1, -0.05) is 51.2 Å². The summed E-state index contributed by atoms with van der Waals surface area (Å²) in [5.41, 5.74) is 1.96. The van der Waals surface area contributed by atoms with Crippen molar-refractivity contribution in [3.63, 3.8) is 0 Å². The number of likely N-dealkylation sites (tertiary alicyclic amines) is 1. The molecule has 3 atom stereocenters. The Morgan fingerprint density at radius 2 is 1.93 bits per heavy atom. The number of rotatable bonds is 7. The fourth-order valence-corrected chi connectivity index (χ4v) is 6.60. The molecule has 1 N–H and O–H groups in total. The number of carbonyl (C=O) groups excluding carboxylic acids is 1. The molecule has 4 aliphatic carbocycles. The largest absolute Gasteiger partial charge is 0.335 e. The highest BCUT2D eigenvalue weighted by atomic mass is 16.2. The van der Waals surface area contributed by atoms with Gasteiger partial charge in [-0.25, -0.2) is 4.79 Å². The van der Waals surface area contributed by atoms with Crippen LogP contribution >= 0.6 is 0 Å². The Labute approximate surface area is 184 Å². The summed E-state index contributed by atoms with van der Waals surface area (Å²) in [4.78, 5) is 18.1. The number of nitrogens with one attached hydrogen (secondary N) is 1. The zero-order valence-corrected chi connectivity index (χ0v) is 19.8. The van der Waals surface area contributed by atoms with Gasteiger partial charge in [-0.05, 0) is 75.7 Å². The fourth-order valence-electron chi connectivity index (χ4n) is 6.60. The highest BCUT2D eigenvalue weighted by Crippen LogP contribution is 2.59. The van der Waals surface area contributed by atoms with Crippen molar-refractivity contribution in [2.75, 3.05) is 26.2 Å². The van der Waals surface area contributed by atoms with E-state index in [4.69, 9.17) is 0 Å². The number of nitrogens with zero attached hydrogens (tertiary/aromatic N) is 2. The van der Waals surface area contributed by atoms with Gasteiger partial charge in [0.25, 0.3) is 0 Å². The van der Waals surface area contributed by atoms with Crippen molar-refractivity contribution in [3.8, 4) is 0 Å². The topological polar surface area (TPSA) is 35.6 Å². The molecule has 0 spiro atoms. The number of allylic oxidation sites excluding steroid dienone is 1. The molecule has 5 rings (SSSR count). The molecule has 4 nitrogen and oxygen atoms in total. The number of hydrogen-bond acceptors (Lipinski definition) is 2. The molecule has 0 aromatic carbocycles. The van der Waals surface area contributed by atoms with E-state index < -0.39 is 0 Å². The first-order valence-electron chi connectivity index (χ1n) is 12.9. The van der Waals surface area contributed by atoms with Gasteiger partial charge < -0.3 is 15.1 Å². The van der Waals surface area contributed by atoms with Crippen molar-refractivity contribution >= 4 is 6.03 Å². The molecule has 5 aliphatic rings. The standard InChI is InChI=1S/C26H45N3O/c1-20-10-7-8-15-28(20)16-9-17-29(25(30)27-23-11-5-4-6-12-23)19-21-13-14-22-18-24(21)26(22,2)3/h13,20,22-24H,4-12,14-19H2,1-3H3,(H,27,30). The van der Waals surface area contributed by atoms with Crippen molar-refractivity contribution in [1.82, 2.24) is 15.1 Å². The average Bonchev–Trinajstić information content (AvgIpc) is 2.75. The third kappa shape index (κ3) is 4.89. The molecule has 2 bridgehead atoms. The van der Waals surface area contributed by atoms with Crippen LogP contribution in [-0.2, 0) is 0 Å². The smallest absolute Gasteiger partial charge is 0.317 e. The number of amides is 2. The Kier molecular flexibility index (Phi) is 7.12. The Balaban J connectivity index is 1.35. The number of urea groups is 1. The molecule has 0 radical (unpaired) electrons. The zero-order valence-electron chi connectivity index (χ0n) is 19.8. The second kappa shape index (κ2) is 9.63. The van der Waals surface area contributed by atoms with Crippen LogP contribution in [0.4, 0.5) is 4.79 Å². The summed E-state index contributed by atoms with van der Waals surface area (Å²) in [7, 11) is 0. The third-order valence-electron chi connectivity index (χ3n) is 8.99. The van der Waals surface area contributed by atoms with Crippen LogP contribution in [0.3, 0.4) is 0 Å². The maximum Gasteiger partial charge on any atom is 0.317 e. The van der Waals surface area contributed by atoms with E-state index in [2.05, 4.69) is 42.0 Å². The van der Waals surface area contributed by atoms with Gasteiger partial charge in [0.05, 0.1) is 0 Å². The third-order valence-corrected chi connectivity index (χ3v) is 8.99. The lowest BCUT2D eigenvalue weighted by Gasteiger charge is -2.57. The van der Waals surface area contributed by atoms with Crippen LogP contribution in [0.1, 0.15) is 91.4 Å². The SMILES string of the molecule is CC1CCCCN1CCCN(CC1=CCC2CC1C2(C)C)C(=O)NC1CCCCC1. The summed E-state index contributed by atoms with van der Waals surface area (Å²) in [6.07, 6.45) is 16.3. The summed E-state index contributed by atoms with van der Waals surface area (Å²) < 4.78 is 0. The van der Waals surface area contributed by atoms with Crippen molar-refractivity contribution in [1.29, 1.82) is 0 Å². The number of hydrogen-bond donors (Lipinski definition) is 1. The first-order valence-corrected chi connectivity index (χ1v) is 12.9. The highest BCUT2D eigenvalue weighted by Gasteiger charge is 2.51. The number of carbonyl (C=O) groups is 1. The summed E-state index contributed by atoms with van der Waals surface area (Å²) in [5.74, 6) is 1.54. The predicted molar refractivity (Wildman–Crippen MR) is 125 cm³/mol. The molecule has 2 amide bonds. The van der Waals surface area contributed by atoms with E-state index in [1.807, 2.05) is 0 Å². The molecule has 4 heteroatoms. The Morgan fingerprint density at radius 3 is 2.63 bits per heavy atom. The molecule has 0 aromatic heterocycles. The second-order valence-corrected chi connectivity index (χ2v) is 11.3. The normalized spacial score (nSPS) is 31.6. The van der Waals surface area contributed by atoms with Crippen LogP contribution in [-0.4, -0.2) is 54.1 Å².